The molecule has 1 rings (SSSR count). The molecule has 0 saturated heterocycles. The van der Waals surface area contributed by atoms with Gasteiger partial charge in [-0.2, -0.15) is 0 Å². The Morgan fingerprint density at radius 2 is 2.25 bits per heavy atom. The van der Waals surface area contributed by atoms with Crippen molar-refractivity contribution in [1.82, 2.24) is 0 Å². The zero-order chi connectivity index (χ0) is 8.81. The molecule has 0 N–H and O–H groups in total. The maximum Gasteiger partial charge on any atom is 0.0408 e. The second-order valence-corrected chi connectivity index (χ2v) is 3.12. The van der Waals surface area contributed by atoms with Gasteiger partial charge in [-0.25, -0.2) is 0 Å². The van der Waals surface area contributed by atoms with Crippen LogP contribution >= 0.6 is 11.6 Å². The highest BCUT2D eigenvalue weighted by molar-refractivity contribution is 6.30. The van der Waals surface area contributed by atoms with E-state index >= 15 is 0 Å². The lowest BCUT2D eigenvalue weighted by atomic mass is 10.1. The molecule has 0 aliphatic carbocycles. The molecule has 0 nitrogen and oxygen atoms in total. The van der Waals surface area contributed by atoms with Crippen LogP contribution in [0.3, 0.4) is 0 Å². The average Bonchev–Trinajstić information content (AvgIpc) is 2.05. The van der Waals surface area contributed by atoms with E-state index in [4.69, 9.17) is 18.0 Å². The predicted octanol–water partition coefficient (Wildman–Crippen LogP) is 3.30. The topological polar surface area (TPSA) is 0 Å². The monoisotopic (exact) mass is 178 g/mol. The standard InChI is InChI=1S/C11H11Cl/c1-2-3-4-6-10-7-5-8-11(12)9-10/h1,5,7-9H,3-4,6H2. The predicted molar refractivity (Wildman–Crippen MR) is 53.2 cm³/mol. The molecule has 0 aromatic heterocycles. The quantitative estimate of drug-likeness (QED) is 0.492. The van der Waals surface area contributed by atoms with E-state index in [0.29, 0.717) is 0 Å². The van der Waals surface area contributed by atoms with Crippen LogP contribution in [0, 0.1) is 12.3 Å². The average molecular weight is 179 g/mol. The Hall–Kier alpha value is -0.930. The van der Waals surface area contributed by atoms with Crippen LogP contribution in [-0.4, -0.2) is 0 Å². The number of benzene rings is 1. The van der Waals surface area contributed by atoms with Crippen molar-refractivity contribution in [3.8, 4) is 12.3 Å². The Labute approximate surface area is 78.6 Å². The van der Waals surface area contributed by atoms with E-state index in [9.17, 15) is 0 Å². The summed E-state index contributed by atoms with van der Waals surface area (Å²) >= 11 is 5.82. The second kappa shape index (κ2) is 4.85. The van der Waals surface area contributed by atoms with Crippen LogP contribution in [0.1, 0.15) is 18.4 Å². The van der Waals surface area contributed by atoms with Gasteiger partial charge in [0.1, 0.15) is 0 Å². The fourth-order valence-electron chi connectivity index (χ4n) is 1.09. The molecule has 0 saturated carbocycles. The van der Waals surface area contributed by atoms with Crippen molar-refractivity contribution < 1.29 is 0 Å². The Morgan fingerprint density at radius 1 is 1.42 bits per heavy atom. The summed E-state index contributed by atoms with van der Waals surface area (Å²) in [5, 5.41) is 0.799. The number of unbranched alkanes of at least 4 members (excludes halogenated alkanes) is 1. The van der Waals surface area contributed by atoms with Gasteiger partial charge in [-0.1, -0.05) is 23.7 Å². The summed E-state index contributed by atoms with van der Waals surface area (Å²) < 4.78 is 0. The van der Waals surface area contributed by atoms with Crippen molar-refractivity contribution in [2.75, 3.05) is 0 Å². The van der Waals surface area contributed by atoms with Crippen molar-refractivity contribution in [2.24, 2.45) is 0 Å². The van der Waals surface area contributed by atoms with Gasteiger partial charge in [0, 0.05) is 11.4 Å². The Bertz CT molecular complexity index is 283. The minimum Gasteiger partial charge on any atom is -0.120 e. The van der Waals surface area contributed by atoms with Crippen LogP contribution in [0.15, 0.2) is 24.3 Å². The molecule has 1 aromatic carbocycles. The zero-order valence-electron chi connectivity index (χ0n) is 6.89. The summed E-state index contributed by atoms with van der Waals surface area (Å²) in [7, 11) is 0. The molecule has 1 aromatic rings. The van der Waals surface area contributed by atoms with Crippen LogP contribution < -0.4 is 0 Å². The highest BCUT2D eigenvalue weighted by Crippen LogP contribution is 2.12. The Balaban J connectivity index is 2.48. The fourth-order valence-corrected chi connectivity index (χ4v) is 1.30. The third-order valence-corrected chi connectivity index (χ3v) is 1.91. The summed E-state index contributed by atoms with van der Waals surface area (Å²) in [6.45, 7) is 0. The normalized spacial score (nSPS) is 9.33. The van der Waals surface area contributed by atoms with Crippen LogP contribution in [0.4, 0.5) is 0 Å². The first-order chi connectivity index (χ1) is 5.83. The van der Waals surface area contributed by atoms with Crippen molar-refractivity contribution in [3.63, 3.8) is 0 Å². The number of hydrogen-bond acceptors (Lipinski definition) is 0. The molecule has 0 unspecified atom stereocenters. The summed E-state index contributed by atoms with van der Waals surface area (Å²) in [5.74, 6) is 2.62. The van der Waals surface area contributed by atoms with Gasteiger partial charge < -0.3 is 0 Å². The van der Waals surface area contributed by atoms with Gasteiger partial charge in [-0.15, -0.1) is 12.3 Å². The summed E-state index contributed by atoms with van der Waals surface area (Å²) in [5.41, 5.74) is 1.26. The Kier molecular flexibility index (Phi) is 3.70. The molecule has 0 spiro atoms. The highest BCUT2D eigenvalue weighted by Gasteiger charge is 1.92. The molecule has 0 bridgehead atoms. The molecule has 0 heterocycles. The van der Waals surface area contributed by atoms with Crippen molar-refractivity contribution in [2.45, 2.75) is 19.3 Å². The number of terminal acetylenes is 1. The van der Waals surface area contributed by atoms with E-state index in [2.05, 4.69) is 12.0 Å². The minimum absolute atomic E-state index is 0.799. The van der Waals surface area contributed by atoms with Gasteiger partial charge in [-0.3, -0.25) is 0 Å². The maximum absolute atomic E-state index is 5.82. The molecule has 0 atom stereocenters. The molecular formula is C11H11Cl. The third-order valence-electron chi connectivity index (χ3n) is 1.68. The molecular weight excluding hydrogens is 168 g/mol. The molecule has 12 heavy (non-hydrogen) atoms. The number of rotatable bonds is 3. The number of hydrogen-bond donors (Lipinski definition) is 0. The van der Waals surface area contributed by atoms with E-state index in [1.807, 2.05) is 18.2 Å². The fraction of sp³-hybridized carbons (Fsp3) is 0.273. The first-order valence-corrected chi connectivity index (χ1v) is 4.38. The Morgan fingerprint density at radius 3 is 2.92 bits per heavy atom. The molecule has 0 radical (unpaired) electrons. The molecule has 1 heteroatoms. The van der Waals surface area contributed by atoms with Crippen LogP contribution in [0.5, 0.6) is 0 Å². The van der Waals surface area contributed by atoms with E-state index in [1.54, 1.807) is 0 Å². The third kappa shape index (κ3) is 2.98. The summed E-state index contributed by atoms with van der Waals surface area (Å²) in [6, 6.07) is 7.90. The van der Waals surface area contributed by atoms with Crippen LogP contribution in [0.25, 0.3) is 0 Å². The SMILES string of the molecule is C#CCCCc1cccc(Cl)c1. The van der Waals surface area contributed by atoms with Gasteiger partial charge in [0.2, 0.25) is 0 Å². The molecule has 62 valence electrons. The van der Waals surface area contributed by atoms with Crippen LogP contribution in [-0.2, 0) is 6.42 Å². The number of halogens is 1. The van der Waals surface area contributed by atoms with Gasteiger partial charge in [-0.05, 0) is 30.5 Å². The molecule has 0 fully saturated rings. The van der Waals surface area contributed by atoms with Crippen LogP contribution in [0.2, 0.25) is 5.02 Å². The van der Waals surface area contributed by atoms with E-state index in [1.165, 1.54) is 5.56 Å². The first-order valence-electron chi connectivity index (χ1n) is 4.01. The van der Waals surface area contributed by atoms with Gasteiger partial charge >= 0.3 is 0 Å². The molecule has 0 amide bonds. The maximum atomic E-state index is 5.82. The zero-order valence-corrected chi connectivity index (χ0v) is 7.64. The molecule has 0 aliphatic heterocycles. The van der Waals surface area contributed by atoms with Crippen molar-refractivity contribution >= 4 is 11.6 Å². The van der Waals surface area contributed by atoms with E-state index < -0.39 is 0 Å². The van der Waals surface area contributed by atoms with Crippen molar-refractivity contribution in [1.29, 1.82) is 0 Å². The summed E-state index contributed by atoms with van der Waals surface area (Å²) in [4.78, 5) is 0. The van der Waals surface area contributed by atoms with E-state index in [0.717, 1.165) is 24.3 Å². The lowest BCUT2D eigenvalue weighted by Gasteiger charge is -1.98. The number of aryl methyl sites for hydroxylation is 1. The first kappa shape index (κ1) is 9.16. The van der Waals surface area contributed by atoms with Crippen molar-refractivity contribution in [3.05, 3.63) is 34.9 Å². The largest absolute Gasteiger partial charge is 0.120 e. The van der Waals surface area contributed by atoms with Gasteiger partial charge in [0.25, 0.3) is 0 Å². The second-order valence-electron chi connectivity index (χ2n) is 2.69. The minimum atomic E-state index is 0.799. The molecule has 0 aliphatic rings. The summed E-state index contributed by atoms with van der Waals surface area (Å²) in [6.07, 6.45) is 8.04. The van der Waals surface area contributed by atoms with E-state index in [-0.39, 0.29) is 0 Å². The van der Waals surface area contributed by atoms with Gasteiger partial charge in [0.15, 0.2) is 0 Å². The lowest BCUT2D eigenvalue weighted by molar-refractivity contribution is 0.858. The lowest BCUT2D eigenvalue weighted by Crippen LogP contribution is -1.83. The smallest absolute Gasteiger partial charge is 0.0408 e. The highest BCUT2D eigenvalue weighted by atomic mass is 35.5. The van der Waals surface area contributed by atoms with Gasteiger partial charge in [0.05, 0.1) is 0 Å².